The Morgan fingerprint density at radius 2 is 2.00 bits per heavy atom. The normalized spacial score (nSPS) is 16.3. The van der Waals surface area contributed by atoms with Crippen LogP contribution in [0.3, 0.4) is 0 Å². The number of thiocarbonyl (C=S) groups is 1. The van der Waals surface area contributed by atoms with Gasteiger partial charge in [-0.3, -0.25) is 5.43 Å². The van der Waals surface area contributed by atoms with Crippen molar-refractivity contribution in [2.75, 3.05) is 0 Å². The monoisotopic (exact) mass is 289 g/mol. The molecule has 0 unspecified atom stereocenters. The molecule has 0 spiro atoms. The van der Waals surface area contributed by atoms with E-state index < -0.39 is 0 Å². The zero-order valence-corrected chi connectivity index (χ0v) is 13.1. The fourth-order valence-electron chi connectivity index (χ4n) is 2.52. The lowest BCUT2D eigenvalue weighted by molar-refractivity contribution is 0.412. The van der Waals surface area contributed by atoms with Gasteiger partial charge >= 0.3 is 0 Å². The molecule has 0 bridgehead atoms. The van der Waals surface area contributed by atoms with Crippen LogP contribution in [0.25, 0.3) is 0 Å². The molecule has 2 rings (SSSR count). The van der Waals surface area contributed by atoms with Gasteiger partial charge in [0.25, 0.3) is 0 Å². The fraction of sp³-hybridized carbons (Fsp3) is 0.500. The lowest BCUT2D eigenvalue weighted by atomic mass is 9.96. The number of hydrogen-bond acceptors (Lipinski definition) is 2. The zero-order valence-electron chi connectivity index (χ0n) is 12.3. The number of benzene rings is 1. The van der Waals surface area contributed by atoms with Crippen LogP contribution in [-0.4, -0.2) is 17.4 Å². The lowest BCUT2D eigenvalue weighted by Gasteiger charge is -2.23. The number of hydrazone groups is 1. The highest BCUT2D eigenvalue weighted by Crippen LogP contribution is 2.17. The Hall–Kier alpha value is -1.42. The highest BCUT2D eigenvalue weighted by molar-refractivity contribution is 7.80. The molecule has 2 N–H and O–H groups in total. The maximum atomic E-state index is 5.27. The Balaban J connectivity index is 1.83. The average molecular weight is 289 g/mol. The van der Waals surface area contributed by atoms with E-state index in [1.807, 2.05) is 6.21 Å². The number of hydrogen-bond donors (Lipinski definition) is 2. The summed E-state index contributed by atoms with van der Waals surface area (Å²) in [5.74, 6) is 0. The Kier molecular flexibility index (Phi) is 5.53. The molecule has 3 nitrogen and oxygen atoms in total. The molecule has 0 aliphatic heterocycles. The highest BCUT2D eigenvalue weighted by atomic mass is 32.1. The average Bonchev–Trinajstić information content (AvgIpc) is 2.44. The number of rotatable bonds is 3. The van der Waals surface area contributed by atoms with Crippen LogP contribution in [0.2, 0.25) is 0 Å². The first kappa shape index (κ1) is 15.0. The predicted octanol–water partition coefficient (Wildman–Crippen LogP) is 3.43. The largest absolute Gasteiger partial charge is 0.359 e. The van der Waals surface area contributed by atoms with Crippen LogP contribution in [0.4, 0.5) is 0 Å². The summed E-state index contributed by atoms with van der Waals surface area (Å²) in [6.07, 6.45) is 8.20. The van der Waals surface area contributed by atoms with Gasteiger partial charge in [-0.2, -0.15) is 5.10 Å². The van der Waals surface area contributed by atoms with Crippen LogP contribution < -0.4 is 10.7 Å². The summed E-state index contributed by atoms with van der Waals surface area (Å²) in [4.78, 5) is 0. The van der Waals surface area contributed by atoms with E-state index in [0.29, 0.717) is 11.2 Å². The van der Waals surface area contributed by atoms with E-state index >= 15 is 0 Å². The Morgan fingerprint density at radius 1 is 1.25 bits per heavy atom. The highest BCUT2D eigenvalue weighted by Gasteiger charge is 2.13. The fourth-order valence-corrected chi connectivity index (χ4v) is 2.74. The molecular formula is C16H23N3S. The maximum absolute atomic E-state index is 5.27. The number of nitrogens with one attached hydrogen (secondary N) is 2. The molecule has 0 aromatic heterocycles. The van der Waals surface area contributed by atoms with E-state index in [9.17, 15) is 0 Å². The van der Waals surface area contributed by atoms with Crippen molar-refractivity contribution < 1.29 is 0 Å². The maximum Gasteiger partial charge on any atom is 0.187 e. The quantitative estimate of drug-likeness (QED) is 0.508. The topological polar surface area (TPSA) is 36.4 Å². The third kappa shape index (κ3) is 4.60. The van der Waals surface area contributed by atoms with Gasteiger partial charge in [-0.15, -0.1) is 0 Å². The smallest absolute Gasteiger partial charge is 0.187 e. The van der Waals surface area contributed by atoms with E-state index in [4.69, 9.17) is 12.2 Å². The Bertz CT molecular complexity index is 490. The van der Waals surface area contributed by atoms with Gasteiger partial charge in [0.1, 0.15) is 0 Å². The SMILES string of the molecule is Cc1ccc(C)c(C=NNC(=S)NC2CCCCC2)c1. The number of aryl methyl sites for hydroxylation is 2. The molecule has 0 heterocycles. The van der Waals surface area contributed by atoms with Gasteiger partial charge in [0.15, 0.2) is 5.11 Å². The van der Waals surface area contributed by atoms with Gasteiger partial charge in [0.05, 0.1) is 6.21 Å². The van der Waals surface area contributed by atoms with E-state index in [2.05, 4.69) is 47.9 Å². The summed E-state index contributed by atoms with van der Waals surface area (Å²) in [5, 5.41) is 8.19. The van der Waals surface area contributed by atoms with Gasteiger partial charge in [-0.05, 0) is 50.0 Å². The summed E-state index contributed by atoms with van der Waals surface area (Å²) in [6.45, 7) is 4.17. The van der Waals surface area contributed by atoms with Crippen molar-refractivity contribution in [3.05, 3.63) is 34.9 Å². The van der Waals surface area contributed by atoms with Crippen molar-refractivity contribution in [2.45, 2.75) is 52.0 Å². The lowest BCUT2D eigenvalue weighted by Crippen LogP contribution is -2.40. The van der Waals surface area contributed by atoms with E-state index in [1.54, 1.807) is 0 Å². The van der Waals surface area contributed by atoms with E-state index in [0.717, 1.165) is 5.56 Å². The van der Waals surface area contributed by atoms with Gasteiger partial charge in [-0.25, -0.2) is 0 Å². The van der Waals surface area contributed by atoms with Crippen LogP contribution in [0.1, 0.15) is 48.8 Å². The summed E-state index contributed by atoms with van der Waals surface area (Å²) < 4.78 is 0. The summed E-state index contributed by atoms with van der Waals surface area (Å²) in [6, 6.07) is 6.85. The molecule has 4 heteroatoms. The second-order valence-electron chi connectivity index (χ2n) is 5.54. The van der Waals surface area contributed by atoms with Gasteiger partial charge < -0.3 is 5.32 Å². The molecule has 1 aromatic rings. The standard InChI is InChI=1S/C16H23N3S/c1-12-8-9-13(2)14(10-12)11-17-19-16(20)18-15-6-4-3-5-7-15/h8-11,15H,3-7H2,1-2H3,(H2,18,19,20). The van der Waals surface area contributed by atoms with Crippen molar-refractivity contribution >= 4 is 23.5 Å². The van der Waals surface area contributed by atoms with Crippen molar-refractivity contribution in [2.24, 2.45) is 5.10 Å². The molecule has 1 aliphatic rings. The minimum atomic E-state index is 0.514. The van der Waals surface area contributed by atoms with Gasteiger partial charge in [0.2, 0.25) is 0 Å². The second kappa shape index (κ2) is 7.39. The van der Waals surface area contributed by atoms with Crippen molar-refractivity contribution in [1.29, 1.82) is 0 Å². The first-order valence-corrected chi connectivity index (χ1v) is 7.73. The van der Waals surface area contributed by atoms with Crippen molar-refractivity contribution in [1.82, 2.24) is 10.7 Å². The molecule has 108 valence electrons. The van der Waals surface area contributed by atoms with Gasteiger partial charge in [-0.1, -0.05) is 43.0 Å². The Morgan fingerprint density at radius 3 is 2.75 bits per heavy atom. The van der Waals surface area contributed by atoms with E-state index in [-0.39, 0.29) is 0 Å². The molecule has 1 fully saturated rings. The van der Waals surface area contributed by atoms with E-state index in [1.165, 1.54) is 43.2 Å². The molecule has 0 amide bonds. The van der Waals surface area contributed by atoms with Crippen LogP contribution >= 0.6 is 12.2 Å². The van der Waals surface area contributed by atoms with Crippen LogP contribution in [0.15, 0.2) is 23.3 Å². The molecule has 1 aliphatic carbocycles. The number of nitrogens with zero attached hydrogens (tertiary/aromatic N) is 1. The molecule has 0 saturated heterocycles. The van der Waals surface area contributed by atoms with Crippen LogP contribution in [0, 0.1) is 13.8 Å². The first-order valence-electron chi connectivity index (χ1n) is 7.32. The summed E-state index contributed by atoms with van der Waals surface area (Å²) in [5.41, 5.74) is 6.49. The zero-order chi connectivity index (χ0) is 14.4. The van der Waals surface area contributed by atoms with Crippen LogP contribution in [0.5, 0.6) is 0 Å². The molecular weight excluding hydrogens is 266 g/mol. The van der Waals surface area contributed by atoms with Crippen molar-refractivity contribution in [3.63, 3.8) is 0 Å². The molecule has 20 heavy (non-hydrogen) atoms. The first-order chi connectivity index (χ1) is 9.65. The van der Waals surface area contributed by atoms with Crippen molar-refractivity contribution in [3.8, 4) is 0 Å². The summed E-state index contributed by atoms with van der Waals surface area (Å²) >= 11 is 5.27. The second-order valence-corrected chi connectivity index (χ2v) is 5.95. The minimum Gasteiger partial charge on any atom is -0.359 e. The molecule has 1 aromatic carbocycles. The Labute approximate surface area is 126 Å². The van der Waals surface area contributed by atoms with Gasteiger partial charge in [0, 0.05) is 6.04 Å². The third-order valence-electron chi connectivity index (χ3n) is 3.74. The van der Waals surface area contributed by atoms with Crippen LogP contribution in [-0.2, 0) is 0 Å². The molecule has 0 radical (unpaired) electrons. The summed E-state index contributed by atoms with van der Waals surface area (Å²) in [7, 11) is 0. The third-order valence-corrected chi connectivity index (χ3v) is 3.95. The molecule has 0 atom stereocenters. The minimum absolute atomic E-state index is 0.514. The molecule has 1 saturated carbocycles. The predicted molar refractivity (Wildman–Crippen MR) is 89.3 cm³/mol.